The molecule has 0 unspecified atom stereocenters. The first kappa shape index (κ1) is 18.1. The average Bonchev–Trinajstić information content (AvgIpc) is 2.49. The van der Waals surface area contributed by atoms with Crippen LogP contribution in [0.2, 0.25) is 15.1 Å². The van der Waals surface area contributed by atoms with Crippen molar-refractivity contribution in [2.75, 3.05) is 6.61 Å². The van der Waals surface area contributed by atoms with Gasteiger partial charge in [-0.1, -0.05) is 54.7 Å². The van der Waals surface area contributed by atoms with Crippen molar-refractivity contribution in [1.82, 2.24) is 0 Å². The number of ketones is 1. The van der Waals surface area contributed by atoms with Gasteiger partial charge in [0.2, 0.25) is 0 Å². The molecule has 2 nitrogen and oxygen atoms in total. The molecular formula is C18H17Cl3O2. The second kappa shape index (κ2) is 7.57. The summed E-state index contributed by atoms with van der Waals surface area (Å²) in [7, 11) is 0. The number of carbonyl (C=O) groups excluding carboxylic acids is 1. The smallest absolute Gasteiger partial charge is 0.176 e. The molecule has 0 N–H and O–H groups in total. The van der Waals surface area contributed by atoms with Crippen molar-refractivity contribution < 1.29 is 9.53 Å². The summed E-state index contributed by atoms with van der Waals surface area (Å²) in [6.45, 7) is 3.76. The van der Waals surface area contributed by atoms with Crippen molar-refractivity contribution >= 4 is 40.6 Å². The molecule has 0 heterocycles. The van der Waals surface area contributed by atoms with E-state index in [2.05, 4.69) is 0 Å². The topological polar surface area (TPSA) is 26.3 Å². The molecule has 0 radical (unpaired) electrons. The number of halogens is 3. The average molecular weight is 372 g/mol. The van der Waals surface area contributed by atoms with E-state index in [9.17, 15) is 4.79 Å². The van der Waals surface area contributed by atoms with Gasteiger partial charge in [0, 0.05) is 20.5 Å². The van der Waals surface area contributed by atoms with Gasteiger partial charge in [0.1, 0.15) is 12.4 Å². The lowest BCUT2D eigenvalue weighted by atomic mass is 9.82. The third-order valence-corrected chi connectivity index (χ3v) is 4.42. The zero-order chi connectivity index (χ0) is 17.0. The molecule has 0 spiro atoms. The summed E-state index contributed by atoms with van der Waals surface area (Å²) < 4.78 is 5.53. The number of Topliss-reactive ketones (excluding diaryl/α,β-unsaturated/α-hetero) is 1. The van der Waals surface area contributed by atoms with Crippen molar-refractivity contribution in [1.29, 1.82) is 0 Å². The molecule has 0 amide bonds. The second-order valence-corrected chi connectivity index (χ2v) is 7.24. The predicted molar refractivity (Wildman–Crippen MR) is 95.9 cm³/mol. The Kier molecular flexibility index (Phi) is 5.96. The molecule has 0 atom stereocenters. The fourth-order valence-electron chi connectivity index (χ4n) is 2.11. The summed E-state index contributed by atoms with van der Waals surface area (Å²) >= 11 is 17.9. The van der Waals surface area contributed by atoms with E-state index in [1.54, 1.807) is 36.4 Å². The largest absolute Gasteiger partial charge is 0.486 e. The Morgan fingerprint density at radius 2 is 1.61 bits per heavy atom. The highest BCUT2D eigenvalue weighted by molar-refractivity contribution is 6.35. The number of benzene rings is 2. The number of ether oxygens (including phenoxy) is 1. The first-order chi connectivity index (χ1) is 10.8. The molecule has 5 heteroatoms. The van der Waals surface area contributed by atoms with Crippen molar-refractivity contribution in [3.8, 4) is 5.75 Å². The Morgan fingerprint density at radius 1 is 1.00 bits per heavy atom. The van der Waals surface area contributed by atoms with E-state index in [1.807, 2.05) is 19.9 Å². The van der Waals surface area contributed by atoms with E-state index in [0.29, 0.717) is 27.2 Å². The standard InChI is InChI=1S/C18H17Cl3O2/c1-18(2,10-12-3-4-14(20)9-16(12)21)17(22)11-23-15-7-5-13(19)6-8-15/h3-9H,10-11H2,1-2H3. The number of hydrogen-bond acceptors (Lipinski definition) is 2. The van der Waals surface area contributed by atoms with E-state index in [4.69, 9.17) is 39.5 Å². The summed E-state index contributed by atoms with van der Waals surface area (Å²) in [5, 5.41) is 1.77. The first-order valence-electron chi connectivity index (χ1n) is 7.13. The summed E-state index contributed by atoms with van der Waals surface area (Å²) in [5.74, 6) is 0.613. The number of rotatable bonds is 6. The van der Waals surface area contributed by atoms with Gasteiger partial charge in [-0.05, 0) is 48.4 Å². The number of carbonyl (C=O) groups is 1. The van der Waals surface area contributed by atoms with Crippen LogP contribution in [-0.2, 0) is 11.2 Å². The van der Waals surface area contributed by atoms with Crippen LogP contribution in [0.3, 0.4) is 0 Å². The zero-order valence-corrected chi connectivity index (χ0v) is 15.2. The highest BCUT2D eigenvalue weighted by atomic mass is 35.5. The monoisotopic (exact) mass is 370 g/mol. The molecule has 2 aromatic carbocycles. The van der Waals surface area contributed by atoms with Crippen LogP contribution in [0.4, 0.5) is 0 Å². The fourth-order valence-corrected chi connectivity index (χ4v) is 2.72. The van der Waals surface area contributed by atoms with Crippen LogP contribution in [0.15, 0.2) is 42.5 Å². The minimum Gasteiger partial charge on any atom is -0.486 e. The molecule has 2 rings (SSSR count). The van der Waals surface area contributed by atoms with Gasteiger partial charge in [-0.3, -0.25) is 4.79 Å². The van der Waals surface area contributed by atoms with E-state index < -0.39 is 5.41 Å². The first-order valence-corrected chi connectivity index (χ1v) is 8.27. The Morgan fingerprint density at radius 3 is 2.22 bits per heavy atom. The van der Waals surface area contributed by atoms with Gasteiger partial charge in [0.25, 0.3) is 0 Å². The predicted octanol–water partition coefficient (Wildman–Crippen LogP) is 5.86. The van der Waals surface area contributed by atoms with E-state index in [1.165, 1.54) is 0 Å². The minimum atomic E-state index is -0.593. The van der Waals surface area contributed by atoms with Crippen LogP contribution in [0.25, 0.3) is 0 Å². The van der Waals surface area contributed by atoms with Gasteiger partial charge < -0.3 is 4.74 Å². The molecular weight excluding hydrogens is 355 g/mol. The molecule has 0 bridgehead atoms. The Labute approximate surface area is 151 Å². The molecule has 0 saturated carbocycles. The van der Waals surface area contributed by atoms with Gasteiger partial charge in [-0.2, -0.15) is 0 Å². The zero-order valence-electron chi connectivity index (χ0n) is 12.9. The van der Waals surface area contributed by atoms with Crippen molar-refractivity contribution in [2.24, 2.45) is 5.41 Å². The Balaban J connectivity index is 2.00. The van der Waals surface area contributed by atoms with E-state index in [-0.39, 0.29) is 12.4 Å². The minimum absolute atomic E-state index is 0.000158. The van der Waals surface area contributed by atoms with E-state index in [0.717, 1.165) is 5.56 Å². The van der Waals surface area contributed by atoms with Gasteiger partial charge >= 0.3 is 0 Å². The van der Waals surface area contributed by atoms with Gasteiger partial charge in [-0.25, -0.2) is 0 Å². The van der Waals surface area contributed by atoms with Crippen LogP contribution in [-0.4, -0.2) is 12.4 Å². The summed E-state index contributed by atoms with van der Waals surface area (Å²) in [6.07, 6.45) is 0.520. The molecule has 122 valence electrons. The van der Waals surface area contributed by atoms with Crippen LogP contribution in [0.1, 0.15) is 19.4 Å². The lowest BCUT2D eigenvalue weighted by Gasteiger charge is -2.24. The maximum absolute atomic E-state index is 12.5. The molecule has 0 saturated heterocycles. The molecule has 2 aromatic rings. The molecule has 0 fully saturated rings. The third-order valence-electron chi connectivity index (χ3n) is 3.59. The SMILES string of the molecule is CC(C)(Cc1ccc(Cl)cc1Cl)C(=O)COc1ccc(Cl)cc1. The van der Waals surface area contributed by atoms with Crippen LogP contribution < -0.4 is 4.74 Å². The molecule has 0 aromatic heterocycles. The highest BCUT2D eigenvalue weighted by Crippen LogP contribution is 2.29. The molecule has 0 aliphatic heterocycles. The summed E-state index contributed by atoms with van der Waals surface area (Å²) in [5.41, 5.74) is 0.296. The van der Waals surface area contributed by atoms with Crippen molar-refractivity contribution in [3.63, 3.8) is 0 Å². The molecule has 0 aliphatic carbocycles. The van der Waals surface area contributed by atoms with Crippen molar-refractivity contribution in [2.45, 2.75) is 20.3 Å². The van der Waals surface area contributed by atoms with E-state index >= 15 is 0 Å². The number of hydrogen-bond donors (Lipinski definition) is 0. The Bertz CT molecular complexity index is 694. The highest BCUT2D eigenvalue weighted by Gasteiger charge is 2.29. The Hall–Kier alpha value is -1.22. The van der Waals surface area contributed by atoms with Crippen LogP contribution in [0, 0.1) is 5.41 Å². The van der Waals surface area contributed by atoms with Crippen molar-refractivity contribution in [3.05, 3.63) is 63.1 Å². The summed E-state index contributed by atoms with van der Waals surface area (Å²) in [6, 6.07) is 12.2. The quantitative estimate of drug-likeness (QED) is 0.635. The maximum atomic E-state index is 12.5. The fraction of sp³-hybridized carbons (Fsp3) is 0.278. The van der Waals surface area contributed by atoms with Gasteiger partial charge in [0.15, 0.2) is 5.78 Å². The molecule has 23 heavy (non-hydrogen) atoms. The second-order valence-electron chi connectivity index (χ2n) is 5.96. The van der Waals surface area contributed by atoms with Crippen LogP contribution >= 0.6 is 34.8 Å². The van der Waals surface area contributed by atoms with Crippen LogP contribution in [0.5, 0.6) is 5.75 Å². The molecule has 0 aliphatic rings. The van der Waals surface area contributed by atoms with Gasteiger partial charge in [-0.15, -0.1) is 0 Å². The maximum Gasteiger partial charge on any atom is 0.176 e. The van der Waals surface area contributed by atoms with Gasteiger partial charge in [0.05, 0.1) is 0 Å². The normalized spacial score (nSPS) is 11.3. The lowest BCUT2D eigenvalue weighted by Crippen LogP contribution is -2.31. The third kappa shape index (κ3) is 5.13. The summed E-state index contributed by atoms with van der Waals surface area (Å²) in [4.78, 5) is 12.5. The lowest BCUT2D eigenvalue weighted by molar-refractivity contribution is -0.129.